The van der Waals surface area contributed by atoms with Crippen LogP contribution in [0.1, 0.15) is 29.7 Å². The van der Waals surface area contributed by atoms with Crippen molar-refractivity contribution in [3.05, 3.63) is 41.0 Å². The minimum absolute atomic E-state index is 0.0308. The van der Waals surface area contributed by atoms with E-state index >= 15 is 0 Å². The molecule has 0 spiro atoms. The summed E-state index contributed by atoms with van der Waals surface area (Å²) in [6.07, 6.45) is -6.95. The molecule has 2 aromatic heterocycles. The van der Waals surface area contributed by atoms with Crippen molar-refractivity contribution >= 4 is 22.8 Å². The average Bonchev–Trinajstić information content (AvgIpc) is 3.12. The molecule has 15 heteroatoms. The zero-order valence-electron chi connectivity index (χ0n) is 20.7. The predicted molar refractivity (Wildman–Crippen MR) is 123 cm³/mol. The van der Waals surface area contributed by atoms with Gasteiger partial charge in [-0.2, -0.15) is 31.5 Å². The second kappa shape index (κ2) is 9.92. The molecule has 3 aliphatic rings. The lowest BCUT2D eigenvalue weighted by atomic mass is 9.95. The van der Waals surface area contributed by atoms with Crippen LogP contribution in [0.4, 0.5) is 26.3 Å². The average molecular weight is 558 g/mol. The van der Waals surface area contributed by atoms with Gasteiger partial charge in [0, 0.05) is 36.9 Å². The smallest absolute Gasteiger partial charge is 0.379 e. The van der Waals surface area contributed by atoms with Gasteiger partial charge in [-0.3, -0.25) is 9.59 Å². The van der Waals surface area contributed by atoms with E-state index in [1.54, 1.807) is 11.8 Å². The maximum atomic E-state index is 13.4. The molecule has 5 heterocycles. The van der Waals surface area contributed by atoms with Crippen molar-refractivity contribution in [3.63, 3.8) is 0 Å². The number of pyridine rings is 1. The Balaban J connectivity index is 1.15. The number of hydrogen-bond acceptors (Lipinski definition) is 6. The normalized spacial score (nSPS) is 21.7. The van der Waals surface area contributed by atoms with Crippen LogP contribution in [-0.2, 0) is 33.6 Å². The number of likely N-dealkylation sites (tertiary alicyclic amines) is 1. The van der Waals surface area contributed by atoms with E-state index in [9.17, 15) is 35.9 Å². The third-order valence-electron chi connectivity index (χ3n) is 7.36. The summed E-state index contributed by atoms with van der Waals surface area (Å²) >= 11 is 0. The van der Waals surface area contributed by atoms with Gasteiger partial charge in [0.25, 0.3) is 5.91 Å². The van der Waals surface area contributed by atoms with E-state index in [0.717, 1.165) is 18.5 Å². The number of ether oxygens (including phenoxy) is 1. The lowest BCUT2D eigenvalue weighted by molar-refractivity contribution is -0.179. The number of hydrogen-bond donors (Lipinski definition) is 0. The second-order valence-electron chi connectivity index (χ2n) is 9.67. The first kappa shape index (κ1) is 27.1. The Morgan fingerprint density at radius 3 is 2.59 bits per heavy atom. The molecule has 210 valence electrons. The highest BCUT2D eigenvalue weighted by Gasteiger charge is 2.52. The summed E-state index contributed by atoms with van der Waals surface area (Å²) in [7, 11) is 0. The summed E-state index contributed by atoms with van der Waals surface area (Å²) in [4.78, 5) is 31.6. The number of carbonyl (C=O) groups is 2. The van der Waals surface area contributed by atoms with Crippen LogP contribution in [-0.4, -0.2) is 69.7 Å². The summed E-state index contributed by atoms with van der Waals surface area (Å²) in [5.41, 5.74) is 0.707. The number of rotatable bonds is 6. The molecule has 0 aromatic carbocycles. The van der Waals surface area contributed by atoms with Crippen molar-refractivity contribution < 1.29 is 40.7 Å². The molecule has 9 nitrogen and oxygen atoms in total. The van der Waals surface area contributed by atoms with E-state index < -0.39 is 29.7 Å². The van der Waals surface area contributed by atoms with Crippen LogP contribution in [0, 0.1) is 12.8 Å². The number of nitrogens with zero attached hydrogens (tertiary/aromatic N) is 6. The molecule has 1 unspecified atom stereocenters. The quantitative estimate of drug-likeness (QED) is 0.392. The van der Waals surface area contributed by atoms with Gasteiger partial charge in [0.15, 0.2) is 5.92 Å². The molecule has 0 radical (unpaired) electrons. The van der Waals surface area contributed by atoms with Crippen LogP contribution in [0.25, 0.3) is 11.0 Å². The Hall–Kier alpha value is -3.49. The molecular weight excluding hydrogens is 534 g/mol. The molecule has 2 aromatic rings. The van der Waals surface area contributed by atoms with Crippen molar-refractivity contribution in [2.75, 3.05) is 26.3 Å². The van der Waals surface area contributed by atoms with E-state index in [0.29, 0.717) is 48.3 Å². The van der Waals surface area contributed by atoms with E-state index in [4.69, 9.17) is 4.74 Å². The van der Waals surface area contributed by atoms with Crippen molar-refractivity contribution in [3.8, 4) is 0 Å². The van der Waals surface area contributed by atoms with Crippen molar-refractivity contribution in [2.45, 2.75) is 51.2 Å². The van der Waals surface area contributed by atoms with Gasteiger partial charge in [0.05, 0.1) is 49.7 Å². The number of amides is 2. The van der Waals surface area contributed by atoms with Crippen molar-refractivity contribution in [1.82, 2.24) is 19.4 Å². The second-order valence-corrected chi connectivity index (χ2v) is 9.67. The van der Waals surface area contributed by atoms with Gasteiger partial charge in [-0.05, 0) is 25.0 Å². The molecule has 2 atom stereocenters. The first-order valence-corrected chi connectivity index (χ1v) is 12.2. The number of halogens is 6. The van der Waals surface area contributed by atoms with Gasteiger partial charge in [-0.15, -0.1) is 5.11 Å². The third-order valence-corrected chi connectivity index (χ3v) is 7.36. The van der Waals surface area contributed by atoms with Gasteiger partial charge in [-0.1, -0.05) is 0 Å². The minimum Gasteiger partial charge on any atom is -0.379 e. The molecule has 0 bridgehead atoms. The van der Waals surface area contributed by atoms with Gasteiger partial charge in [0.1, 0.15) is 5.65 Å². The number of fused-ring (bicyclic) bond motifs is 3. The number of alkyl halides is 6. The van der Waals surface area contributed by atoms with E-state index in [-0.39, 0.29) is 43.8 Å². The summed E-state index contributed by atoms with van der Waals surface area (Å²) in [5.74, 6) is -3.92. The van der Waals surface area contributed by atoms with Crippen LogP contribution < -0.4 is 0 Å². The summed E-state index contributed by atoms with van der Waals surface area (Å²) < 4.78 is 87.0. The molecule has 0 aliphatic carbocycles. The number of aromatic nitrogens is 2. The summed E-state index contributed by atoms with van der Waals surface area (Å²) in [6, 6.07) is 0.686. The fourth-order valence-electron chi connectivity index (χ4n) is 5.17. The van der Waals surface area contributed by atoms with Crippen LogP contribution in [0.15, 0.2) is 34.4 Å². The highest BCUT2D eigenvalue weighted by molar-refractivity contribution is 5.84. The van der Waals surface area contributed by atoms with Gasteiger partial charge >= 0.3 is 12.4 Å². The van der Waals surface area contributed by atoms with Crippen LogP contribution in [0.2, 0.25) is 0 Å². The number of azo groups is 1. The fraction of sp³-hybridized carbons (Fsp3) is 0.542. The van der Waals surface area contributed by atoms with Crippen LogP contribution in [0.3, 0.4) is 0 Å². The highest BCUT2D eigenvalue weighted by Crippen LogP contribution is 2.40. The largest absolute Gasteiger partial charge is 0.417 e. The Kier molecular flexibility index (Phi) is 6.89. The van der Waals surface area contributed by atoms with E-state index in [2.05, 4.69) is 15.2 Å². The molecule has 2 amide bonds. The lowest BCUT2D eigenvalue weighted by Crippen LogP contribution is -2.53. The predicted octanol–water partition coefficient (Wildman–Crippen LogP) is 4.20. The molecule has 0 saturated carbocycles. The van der Waals surface area contributed by atoms with Crippen molar-refractivity contribution in [2.24, 2.45) is 16.1 Å². The van der Waals surface area contributed by atoms with Gasteiger partial charge in [0.2, 0.25) is 5.91 Å². The monoisotopic (exact) mass is 558 g/mol. The summed E-state index contributed by atoms with van der Waals surface area (Å²) in [6.45, 7) is 3.08. The Labute approximate surface area is 218 Å². The molecule has 5 rings (SSSR count). The molecule has 0 N–H and O–H groups in total. The fourth-order valence-corrected chi connectivity index (χ4v) is 5.17. The molecular formula is C24H24F6N6O3. The number of carbonyl (C=O) groups excluding carboxylic acids is 2. The third kappa shape index (κ3) is 5.11. The highest BCUT2D eigenvalue weighted by atomic mass is 19.4. The standard InChI is InChI=1S/C24H24F6N6O3/c1-13-16-8-14(23(25,26)27)9-31-21(16)36-6-5-34(11-18(13)36)19(37)3-7-39-12-15-2-4-35(15)17-10-32-33-22(38)20(17)24(28,29)30/h8-10,15,20H,2-7,11-12H2,1H3/t15-,20?/m0/s1. The zero-order valence-corrected chi connectivity index (χ0v) is 20.7. The lowest BCUT2D eigenvalue weighted by Gasteiger charge is -2.45. The zero-order chi connectivity index (χ0) is 28.1. The Morgan fingerprint density at radius 2 is 1.92 bits per heavy atom. The first-order chi connectivity index (χ1) is 18.4. The first-order valence-electron chi connectivity index (χ1n) is 12.2. The molecule has 39 heavy (non-hydrogen) atoms. The van der Waals surface area contributed by atoms with Crippen molar-refractivity contribution in [1.29, 1.82) is 0 Å². The van der Waals surface area contributed by atoms with Crippen LogP contribution in [0.5, 0.6) is 0 Å². The van der Waals surface area contributed by atoms with E-state index in [1.165, 1.54) is 4.90 Å². The summed E-state index contributed by atoms with van der Waals surface area (Å²) in [5, 5.41) is 6.80. The molecule has 3 aliphatic heterocycles. The molecule has 1 saturated heterocycles. The number of aryl methyl sites for hydroxylation is 1. The maximum absolute atomic E-state index is 13.4. The molecule has 1 fully saturated rings. The van der Waals surface area contributed by atoms with Gasteiger partial charge < -0.3 is 19.1 Å². The minimum atomic E-state index is -4.79. The Morgan fingerprint density at radius 1 is 1.15 bits per heavy atom. The SMILES string of the molecule is Cc1c2n(c3ncc(C(F)(F)F)cc13)CCN(C(=O)CCOC[C@@H]1CCN1C1=CN=NC(=O)C1C(F)(F)F)C2. The van der Waals surface area contributed by atoms with E-state index in [1.807, 2.05) is 4.57 Å². The van der Waals surface area contributed by atoms with Gasteiger partial charge in [-0.25, -0.2) is 4.98 Å². The Bertz CT molecular complexity index is 1360. The maximum Gasteiger partial charge on any atom is 0.417 e. The van der Waals surface area contributed by atoms with Crippen LogP contribution >= 0.6 is 0 Å². The topological polar surface area (TPSA) is 92.4 Å².